The number of methoxy groups -OCH3 is 1. The third-order valence-corrected chi connectivity index (χ3v) is 2.18. The van der Waals surface area contributed by atoms with Crippen molar-refractivity contribution in [3.8, 4) is 0 Å². The lowest BCUT2D eigenvalue weighted by Crippen LogP contribution is -2.44. The number of halogens is 3. The summed E-state index contributed by atoms with van der Waals surface area (Å²) in [5.74, 6) is -0.581. The van der Waals surface area contributed by atoms with Crippen molar-refractivity contribution in [1.29, 1.82) is 0 Å². The number of carbonyl (C=O) groups excluding carboxylic acids is 1. The molecule has 0 radical (unpaired) electrons. The second-order valence-corrected chi connectivity index (χ2v) is 4.42. The lowest BCUT2D eigenvalue weighted by atomic mass is 9.93. The summed E-state index contributed by atoms with van der Waals surface area (Å²) in [6.07, 6.45) is -4.36. The molecule has 7 heteroatoms. The maximum Gasteiger partial charge on any atom is 0.401 e. The summed E-state index contributed by atoms with van der Waals surface area (Å²) in [7, 11) is 1.18. The van der Waals surface area contributed by atoms with E-state index in [-0.39, 0.29) is 13.1 Å². The Labute approximate surface area is 98.3 Å². The summed E-state index contributed by atoms with van der Waals surface area (Å²) in [5.41, 5.74) is -1.05. The minimum atomic E-state index is -4.36. The standard InChI is InChI=1S/C10H18F3NO3/c1-9(2,8(16)17-3)6-14(4-5-15)7-10(11,12)13/h15H,4-7H2,1-3H3. The summed E-state index contributed by atoms with van der Waals surface area (Å²) in [6.45, 7) is 1.18. The van der Waals surface area contributed by atoms with E-state index in [9.17, 15) is 18.0 Å². The number of hydrogen-bond acceptors (Lipinski definition) is 4. The molecule has 4 nitrogen and oxygen atoms in total. The molecule has 0 aromatic rings. The van der Waals surface area contributed by atoms with Gasteiger partial charge in [0.2, 0.25) is 0 Å². The molecule has 0 unspecified atom stereocenters. The summed E-state index contributed by atoms with van der Waals surface area (Å²) in [4.78, 5) is 12.3. The van der Waals surface area contributed by atoms with E-state index in [4.69, 9.17) is 5.11 Å². The average Bonchev–Trinajstić information content (AvgIpc) is 2.13. The van der Waals surface area contributed by atoms with E-state index in [2.05, 4.69) is 4.74 Å². The molecule has 0 fully saturated rings. The Morgan fingerprint density at radius 3 is 2.18 bits per heavy atom. The quantitative estimate of drug-likeness (QED) is 0.722. The highest BCUT2D eigenvalue weighted by Crippen LogP contribution is 2.22. The molecule has 102 valence electrons. The average molecular weight is 257 g/mol. The molecule has 0 aromatic heterocycles. The molecular weight excluding hydrogens is 239 g/mol. The van der Waals surface area contributed by atoms with Crippen LogP contribution in [-0.2, 0) is 9.53 Å². The number of hydrogen-bond donors (Lipinski definition) is 1. The van der Waals surface area contributed by atoms with Crippen molar-refractivity contribution in [2.75, 3.05) is 33.4 Å². The number of rotatable bonds is 6. The fourth-order valence-electron chi connectivity index (χ4n) is 1.51. The molecule has 0 aliphatic rings. The normalized spacial score (nSPS) is 12.9. The fraction of sp³-hybridized carbons (Fsp3) is 0.900. The zero-order chi connectivity index (χ0) is 13.7. The lowest BCUT2D eigenvalue weighted by Gasteiger charge is -2.30. The molecule has 0 aromatic carbocycles. The molecular formula is C10H18F3NO3. The van der Waals surface area contributed by atoms with Crippen LogP contribution in [-0.4, -0.2) is 55.5 Å². The monoisotopic (exact) mass is 257 g/mol. The highest BCUT2D eigenvalue weighted by atomic mass is 19.4. The summed E-state index contributed by atoms with van der Waals surface area (Å²) >= 11 is 0. The summed E-state index contributed by atoms with van der Waals surface area (Å²) in [5, 5.41) is 8.70. The maximum absolute atomic E-state index is 12.2. The molecule has 0 aliphatic carbocycles. The van der Waals surface area contributed by atoms with E-state index in [0.29, 0.717) is 0 Å². The van der Waals surface area contributed by atoms with Gasteiger partial charge >= 0.3 is 12.1 Å². The number of aliphatic hydroxyl groups excluding tert-OH is 1. The third kappa shape index (κ3) is 6.48. The van der Waals surface area contributed by atoms with Gasteiger partial charge in [0.1, 0.15) is 0 Å². The van der Waals surface area contributed by atoms with Gasteiger partial charge in [-0.1, -0.05) is 0 Å². The second-order valence-electron chi connectivity index (χ2n) is 4.42. The van der Waals surface area contributed by atoms with Crippen molar-refractivity contribution in [3.05, 3.63) is 0 Å². The minimum Gasteiger partial charge on any atom is -0.469 e. The van der Waals surface area contributed by atoms with Crippen LogP contribution in [0.25, 0.3) is 0 Å². The van der Waals surface area contributed by atoms with E-state index in [1.807, 2.05) is 0 Å². The van der Waals surface area contributed by atoms with Crippen LogP contribution >= 0.6 is 0 Å². The Hall–Kier alpha value is -0.820. The number of esters is 1. The van der Waals surface area contributed by atoms with Gasteiger partial charge in [-0.15, -0.1) is 0 Å². The van der Waals surface area contributed by atoms with Gasteiger partial charge in [-0.3, -0.25) is 9.69 Å². The molecule has 1 N–H and O–H groups in total. The molecule has 0 bridgehead atoms. The Kier molecular flexibility index (Phi) is 5.91. The molecule has 0 rings (SSSR count). The van der Waals surface area contributed by atoms with Crippen molar-refractivity contribution in [2.24, 2.45) is 5.41 Å². The predicted molar refractivity (Wildman–Crippen MR) is 55.4 cm³/mol. The van der Waals surface area contributed by atoms with Crippen LogP contribution in [0.5, 0.6) is 0 Å². The number of aliphatic hydroxyl groups is 1. The summed E-state index contributed by atoms with van der Waals surface area (Å²) < 4.78 is 41.3. The summed E-state index contributed by atoms with van der Waals surface area (Å²) in [6, 6.07) is 0. The Balaban J connectivity index is 4.58. The van der Waals surface area contributed by atoms with Crippen LogP contribution in [0.1, 0.15) is 13.8 Å². The first-order chi connectivity index (χ1) is 7.62. The molecule has 0 spiro atoms. The van der Waals surface area contributed by atoms with Crippen molar-refractivity contribution in [2.45, 2.75) is 20.0 Å². The van der Waals surface area contributed by atoms with Gasteiger partial charge in [0.25, 0.3) is 0 Å². The lowest BCUT2D eigenvalue weighted by molar-refractivity contribution is -0.161. The van der Waals surface area contributed by atoms with Gasteiger partial charge in [0.05, 0.1) is 25.7 Å². The number of nitrogens with zero attached hydrogens (tertiary/aromatic N) is 1. The van der Waals surface area contributed by atoms with Crippen LogP contribution < -0.4 is 0 Å². The Bertz CT molecular complexity index is 254. The second kappa shape index (κ2) is 6.20. The van der Waals surface area contributed by atoms with Gasteiger partial charge in [-0.2, -0.15) is 13.2 Å². The minimum absolute atomic E-state index is 0.125. The topological polar surface area (TPSA) is 49.8 Å². The molecule has 0 aliphatic heterocycles. The van der Waals surface area contributed by atoms with Crippen LogP contribution in [0.2, 0.25) is 0 Å². The third-order valence-electron chi connectivity index (χ3n) is 2.18. The van der Waals surface area contributed by atoms with Crippen LogP contribution in [0.4, 0.5) is 13.2 Å². The molecule has 0 amide bonds. The molecule has 0 heterocycles. The molecule has 0 saturated heterocycles. The van der Waals surface area contributed by atoms with Crippen molar-refractivity contribution in [1.82, 2.24) is 4.90 Å². The maximum atomic E-state index is 12.2. The predicted octanol–water partition coefficient (Wildman–Crippen LogP) is 1.04. The van der Waals surface area contributed by atoms with Crippen LogP contribution in [0.15, 0.2) is 0 Å². The molecule has 17 heavy (non-hydrogen) atoms. The first-order valence-corrected chi connectivity index (χ1v) is 5.11. The first kappa shape index (κ1) is 16.2. The van der Waals surface area contributed by atoms with Gasteiger partial charge in [-0.25, -0.2) is 0 Å². The van der Waals surface area contributed by atoms with Gasteiger partial charge in [0.15, 0.2) is 0 Å². The van der Waals surface area contributed by atoms with E-state index in [1.54, 1.807) is 0 Å². The number of alkyl halides is 3. The van der Waals surface area contributed by atoms with E-state index >= 15 is 0 Å². The largest absolute Gasteiger partial charge is 0.469 e. The zero-order valence-electron chi connectivity index (χ0n) is 10.2. The van der Waals surface area contributed by atoms with Crippen LogP contribution in [0.3, 0.4) is 0 Å². The first-order valence-electron chi connectivity index (χ1n) is 5.11. The van der Waals surface area contributed by atoms with E-state index in [0.717, 1.165) is 4.90 Å². The molecule has 0 atom stereocenters. The Morgan fingerprint density at radius 1 is 1.29 bits per heavy atom. The number of ether oxygens (including phenoxy) is 1. The highest BCUT2D eigenvalue weighted by Gasteiger charge is 2.36. The Morgan fingerprint density at radius 2 is 1.82 bits per heavy atom. The molecule has 0 saturated carbocycles. The van der Waals surface area contributed by atoms with Crippen LogP contribution in [0, 0.1) is 5.41 Å². The fourth-order valence-corrected chi connectivity index (χ4v) is 1.51. The van der Waals surface area contributed by atoms with Gasteiger partial charge in [-0.05, 0) is 13.8 Å². The SMILES string of the molecule is COC(=O)C(C)(C)CN(CCO)CC(F)(F)F. The smallest absolute Gasteiger partial charge is 0.401 e. The number of carbonyl (C=O) groups is 1. The van der Waals surface area contributed by atoms with E-state index < -0.39 is 30.7 Å². The van der Waals surface area contributed by atoms with E-state index in [1.165, 1.54) is 21.0 Å². The zero-order valence-corrected chi connectivity index (χ0v) is 10.2. The highest BCUT2D eigenvalue weighted by molar-refractivity contribution is 5.76. The van der Waals surface area contributed by atoms with Gasteiger partial charge in [0, 0.05) is 13.1 Å². The van der Waals surface area contributed by atoms with Gasteiger partial charge < -0.3 is 9.84 Å². The van der Waals surface area contributed by atoms with Crippen molar-refractivity contribution < 1.29 is 27.8 Å². The van der Waals surface area contributed by atoms with Crippen molar-refractivity contribution >= 4 is 5.97 Å². The van der Waals surface area contributed by atoms with Crippen molar-refractivity contribution in [3.63, 3.8) is 0 Å².